The number of hydrogen-bond acceptors (Lipinski definition) is 4. The lowest BCUT2D eigenvalue weighted by Crippen LogP contribution is -2.32. The van der Waals surface area contributed by atoms with Crippen molar-refractivity contribution >= 4 is 27.5 Å². The second-order valence-corrected chi connectivity index (χ2v) is 5.34. The number of benzene rings is 1. The summed E-state index contributed by atoms with van der Waals surface area (Å²) in [6.45, 7) is 0.280. The van der Waals surface area contributed by atoms with E-state index >= 15 is 0 Å². The van der Waals surface area contributed by atoms with Gasteiger partial charge in [0.2, 0.25) is 0 Å². The number of methoxy groups -OCH3 is 1. The smallest absolute Gasteiger partial charge is 0.260 e. The van der Waals surface area contributed by atoms with Crippen LogP contribution < -0.4 is 9.64 Å². The third kappa shape index (κ3) is 3.62. The van der Waals surface area contributed by atoms with Crippen molar-refractivity contribution < 1.29 is 9.53 Å². The van der Waals surface area contributed by atoms with Crippen LogP contribution in [0.3, 0.4) is 0 Å². The van der Waals surface area contributed by atoms with Gasteiger partial charge >= 0.3 is 0 Å². The summed E-state index contributed by atoms with van der Waals surface area (Å²) in [4.78, 5) is 18.3. The maximum atomic E-state index is 12.8. The van der Waals surface area contributed by atoms with Crippen LogP contribution in [-0.4, -0.2) is 24.5 Å². The molecule has 0 aliphatic heterocycles. The van der Waals surface area contributed by atoms with Gasteiger partial charge in [0.05, 0.1) is 30.9 Å². The number of nitriles is 1. The Hall–Kier alpha value is -2.39. The van der Waals surface area contributed by atoms with Gasteiger partial charge in [-0.25, -0.2) is 0 Å². The molecule has 0 fully saturated rings. The first-order chi connectivity index (χ1) is 10.7. The van der Waals surface area contributed by atoms with E-state index in [-0.39, 0.29) is 18.9 Å². The summed E-state index contributed by atoms with van der Waals surface area (Å²) in [5.74, 6) is 0.352. The third-order valence-corrected chi connectivity index (χ3v) is 3.45. The molecule has 22 heavy (non-hydrogen) atoms. The lowest BCUT2D eigenvalue weighted by atomic mass is 10.2. The summed E-state index contributed by atoms with van der Waals surface area (Å²) in [5, 5.41) is 8.85. The topological polar surface area (TPSA) is 66.2 Å². The molecule has 0 unspecified atom stereocenters. The van der Waals surface area contributed by atoms with Gasteiger partial charge in [-0.1, -0.05) is 12.1 Å². The minimum atomic E-state index is -0.228. The number of carbonyl (C=O) groups is 1. The molecule has 1 amide bonds. The Morgan fingerprint density at radius 1 is 1.41 bits per heavy atom. The lowest BCUT2D eigenvalue weighted by Gasteiger charge is -2.23. The van der Waals surface area contributed by atoms with Gasteiger partial charge in [0, 0.05) is 23.4 Å². The van der Waals surface area contributed by atoms with Crippen molar-refractivity contribution in [3.63, 3.8) is 0 Å². The molecule has 0 atom stereocenters. The van der Waals surface area contributed by atoms with Gasteiger partial charge in [-0.3, -0.25) is 9.78 Å². The van der Waals surface area contributed by atoms with Crippen LogP contribution in [0.5, 0.6) is 5.75 Å². The summed E-state index contributed by atoms with van der Waals surface area (Å²) in [6.07, 6.45) is 3.34. The molecule has 6 heteroatoms. The number of para-hydroxylation sites is 2. The number of carbonyl (C=O) groups excluding carboxylic acids is 1. The fourth-order valence-corrected chi connectivity index (χ4v) is 2.40. The van der Waals surface area contributed by atoms with E-state index in [0.717, 1.165) is 4.47 Å². The standard InChI is InChI=1S/C16H14BrN3O2/c1-22-15-6-3-2-5-14(15)20(8-4-7-18)16(21)12-9-13(17)11-19-10-12/h2-3,5-6,9-11H,4,8H2,1H3. The average Bonchev–Trinajstić information content (AvgIpc) is 2.55. The number of amides is 1. The molecule has 2 rings (SSSR count). The Morgan fingerprint density at radius 2 is 2.18 bits per heavy atom. The second kappa shape index (κ2) is 7.57. The predicted molar refractivity (Wildman–Crippen MR) is 86.8 cm³/mol. The van der Waals surface area contributed by atoms with Crippen LogP contribution in [0.2, 0.25) is 0 Å². The van der Waals surface area contributed by atoms with Crippen LogP contribution in [0.4, 0.5) is 5.69 Å². The highest BCUT2D eigenvalue weighted by Gasteiger charge is 2.21. The number of hydrogen-bond donors (Lipinski definition) is 0. The Kier molecular flexibility index (Phi) is 5.50. The van der Waals surface area contributed by atoms with Crippen LogP contribution in [0.15, 0.2) is 47.2 Å². The summed E-state index contributed by atoms with van der Waals surface area (Å²) in [5.41, 5.74) is 1.07. The largest absolute Gasteiger partial charge is 0.495 e. The number of ether oxygens (including phenoxy) is 1. The van der Waals surface area contributed by atoms with Gasteiger partial charge in [-0.15, -0.1) is 0 Å². The Morgan fingerprint density at radius 3 is 2.86 bits per heavy atom. The van der Waals surface area contributed by atoms with Gasteiger partial charge < -0.3 is 9.64 Å². The Bertz CT molecular complexity index is 713. The van der Waals surface area contributed by atoms with Crippen LogP contribution in [0.1, 0.15) is 16.8 Å². The minimum Gasteiger partial charge on any atom is -0.495 e. The zero-order valence-corrected chi connectivity index (χ0v) is 13.6. The number of pyridine rings is 1. The van der Waals surface area contributed by atoms with Crippen LogP contribution >= 0.6 is 15.9 Å². The number of nitrogens with zero attached hydrogens (tertiary/aromatic N) is 3. The molecule has 1 heterocycles. The highest BCUT2D eigenvalue weighted by molar-refractivity contribution is 9.10. The summed E-state index contributed by atoms with van der Waals surface area (Å²) >= 11 is 3.31. The Balaban J connectivity index is 2.42. The van der Waals surface area contributed by atoms with Crippen molar-refractivity contribution in [3.05, 3.63) is 52.8 Å². The fourth-order valence-electron chi connectivity index (χ4n) is 2.03. The van der Waals surface area contributed by atoms with Crippen LogP contribution in [0, 0.1) is 11.3 Å². The zero-order valence-electron chi connectivity index (χ0n) is 12.0. The fraction of sp³-hybridized carbons (Fsp3) is 0.188. The Labute approximate surface area is 137 Å². The first-order valence-corrected chi connectivity index (χ1v) is 7.39. The molecule has 112 valence electrons. The highest BCUT2D eigenvalue weighted by Crippen LogP contribution is 2.29. The maximum Gasteiger partial charge on any atom is 0.260 e. The average molecular weight is 360 g/mol. The van der Waals surface area contributed by atoms with Gasteiger partial charge in [-0.2, -0.15) is 5.26 Å². The summed E-state index contributed by atoms with van der Waals surface area (Å²) < 4.78 is 6.04. The van der Waals surface area contributed by atoms with Gasteiger partial charge in [0.1, 0.15) is 5.75 Å². The molecule has 2 aromatic rings. The molecule has 0 aliphatic rings. The molecular formula is C16H14BrN3O2. The molecule has 0 aliphatic carbocycles. The summed E-state index contributed by atoms with van der Waals surface area (Å²) in [6, 6.07) is 11.0. The number of rotatable bonds is 5. The minimum absolute atomic E-state index is 0.227. The van der Waals surface area contributed by atoms with E-state index in [0.29, 0.717) is 17.0 Å². The van der Waals surface area contributed by atoms with Gasteiger partial charge in [0.15, 0.2) is 0 Å². The molecule has 0 saturated carbocycles. The van der Waals surface area contributed by atoms with Gasteiger partial charge in [-0.05, 0) is 34.1 Å². The summed E-state index contributed by atoms with van der Waals surface area (Å²) in [7, 11) is 1.55. The molecule has 0 bridgehead atoms. The molecular weight excluding hydrogens is 346 g/mol. The third-order valence-electron chi connectivity index (χ3n) is 3.02. The van der Waals surface area contributed by atoms with Crippen molar-refractivity contribution in [2.45, 2.75) is 6.42 Å². The molecule has 0 spiro atoms. The predicted octanol–water partition coefficient (Wildman–Crippen LogP) is 3.41. The molecule has 5 nitrogen and oxygen atoms in total. The van der Waals surface area contributed by atoms with E-state index in [9.17, 15) is 4.79 Å². The van der Waals surface area contributed by atoms with E-state index in [1.54, 1.807) is 31.5 Å². The maximum absolute atomic E-state index is 12.8. The molecule has 0 radical (unpaired) electrons. The normalized spacial score (nSPS) is 9.86. The lowest BCUT2D eigenvalue weighted by molar-refractivity contribution is 0.0986. The first-order valence-electron chi connectivity index (χ1n) is 6.59. The molecule has 0 saturated heterocycles. The van der Waals surface area contributed by atoms with E-state index in [1.807, 2.05) is 12.1 Å². The number of halogens is 1. The zero-order chi connectivity index (χ0) is 15.9. The van der Waals surface area contributed by atoms with Crippen molar-refractivity contribution in [1.29, 1.82) is 5.26 Å². The van der Waals surface area contributed by atoms with Crippen molar-refractivity contribution in [1.82, 2.24) is 4.98 Å². The quantitative estimate of drug-likeness (QED) is 0.820. The van der Waals surface area contributed by atoms with Crippen LogP contribution in [0.25, 0.3) is 0 Å². The van der Waals surface area contributed by atoms with Crippen molar-refractivity contribution in [3.8, 4) is 11.8 Å². The number of aromatic nitrogens is 1. The molecule has 1 aromatic heterocycles. The van der Waals surface area contributed by atoms with E-state index in [1.165, 1.54) is 11.1 Å². The van der Waals surface area contributed by atoms with Crippen molar-refractivity contribution in [2.24, 2.45) is 0 Å². The second-order valence-electron chi connectivity index (χ2n) is 4.43. The van der Waals surface area contributed by atoms with Gasteiger partial charge in [0.25, 0.3) is 5.91 Å². The van der Waals surface area contributed by atoms with E-state index in [4.69, 9.17) is 10.00 Å². The van der Waals surface area contributed by atoms with Crippen molar-refractivity contribution in [2.75, 3.05) is 18.6 Å². The van der Waals surface area contributed by atoms with E-state index < -0.39 is 0 Å². The molecule has 0 N–H and O–H groups in total. The molecule has 1 aromatic carbocycles. The monoisotopic (exact) mass is 359 g/mol. The highest BCUT2D eigenvalue weighted by atomic mass is 79.9. The SMILES string of the molecule is COc1ccccc1N(CCC#N)C(=O)c1cncc(Br)c1. The van der Waals surface area contributed by atoms with Crippen LogP contribution in [-0.2, 0) is 0 Å². The first kappa shape index (κ1) is 16.0. The number of anilines is 1. The van der Waals surface area contributed by atoms with E-state index in [2.05, 4.69) is 27.0 Å².